The van der Waals surface area contributed by atoms with Gasteiger partial charge in [-0.15, -0.1) is 19.0 Å². The Morgan fingerprint density at radius 3 is 2.67 bits per heavy atom. The molecule has 1 fully saturated rings. The number of hydrogen-bond donors (Lipinski definition) is 1. The molecule has 0 bridgehead atoms. The van der Waals surface area contributed by atoms with Crippen LogP contribution in [0.2, 0.25) is 5.02 Å². The van der Waals surface area contributed by atoms with Crippen LogP contribution in [0.5, 0.6) is 0 Å². The van der Waals surface area contributed by atoms with Crippen LogP contribution in [0.1, 0.15) is 11.6 Å². The monoisotopic (exact) mass is 290 g/mol. The van der Waals surface area contributed by atoms with E-state index in [0.717, 1.165) is 31.7 Å². The van der Waals surface area contributed by atoms with Crippen LogP contribution >= 0.6 is 24.0 Å². The van der Waals surface area contributed by atoms with E-state index >= 15 is 0 Å². The molecule has 0 spiro atoms. The zero-order chi connectivity index (χ0) is 12.3. The molecule has 1 N–H and O–H groups in total. The smallest absolute Gasteiger partial charge is 0.123 e. The first-order chi connectivity index (χ1) is 8.22. The van der Waals surface area contributed by atoms with Crippen molar-refractivity contribution in [1.82, 2.24) is 10.2 Å². The molecule has 1 aliphatic heterocycles. The quantitative estimate of drug-likeness (QED) is 0.861. The molecule has 0 radical (unpaired) electrons. The van der Waals surface area contributed by atoms with Crippen molar-refractivity contribution in [3.63, 3.8) is 0 Å². The topological polar surface area (TPSA) is 15.3 Å². The molecule has 1 saturated heterocycles. The van der Waals surface area contributed by atoms with Crippen molar-refractivity contribution < 1.29 is 4.39 Å². The number of rotatable bonds is 3. The largest absolute Gasteiger partial charge is 0.314 e. The SMILES string of the molecule is C=C[C@@H](c1cc(F)ccc1Cl)N1CCNCC1.Cl. The highest BCUT2D eigenvalue weighted by Gasteiger charge is 2.21. The van der Waals surface area contributed by atoms with Crippen LogP contribution in [0, 0.1) is 5.82 Å². The van der Waals surface area contributed by atoms with Crippen molar-refractivity contribution in [1.29, 1.82) is 0 Å². The first kappa shape index (κ1) is 15.4. The van der Waals surface area contributed by atoms with Gasteiger partial charge in [-0.25, -0.2) is 4.39 Å². The summed E-state index contributed by atoms with van der Waals surface area (Å²) in [6, 6.07) is 4.46. The minimum Gasteiger partial charge on any atom is -0.314 e. The fourth-order valence-electron chi connectivity index (χ4n) is 2.17. The van der Waals surface area contributed by atoms with Gasteiger partial charge in [-0.3, -0.25) is 4.90 Å². The standard InChI is InChI=1S/C13H16ClFN2.ClH/c1-2-13(17-7-5-16-6-8-17)11-9-10(15)3-4-12(11)14;/h2-4,9,13,16H,1,5-8H2;1H/t13-;/m0./s1. The Morgan fingerprint density at radius 2 is 2.06 bits per heavy atom. The lowest BCUT2D eigenvalue weighted by molar-refractivity contribution is 0.203. The van der Waals surface area contributed by atoms with Crippen molar-refractivity contribution in [3.05, 3.63) is 47.3 Å². The maximum atomic E-state index is 13.3. The Balaban J connectivity index is 0.00000162. The molecule has 1 aromatic rings. The van der Waals surface area contributed by atoms with Crippen molar-refractivity contribution in [2.45, 2.75) is 6.04 Å². The minimum atomic E-state index is -0.258. The third kappa shape index (κ3) is 3.45. The highest BCUT2D eigenvalue weighted by atomic mass is 35.5. The molecule has 1 heterocycles. The summed E-state index contributed by atoms with van der Waals surface area (Å²) in [5.74, 6) is -0.258. The Labute approximate surface area is 118 Å². The molecule has 0 aromatic heterocycles. The van der Waals surface area contributed by atoms with Crippen LogP contribution in [0.15, 0.2) is 30.9 Å². The van der Waals surface area contributed by atoms with Crippen LogP contribution in [0.3, 0.4) is 0 Å². The van der Waals surface area contributed by atoms with Gasteiger partial charge in [-0.2, -0.15) is 0 Å². The Morgan fingerprint density at radius 1 is 1.39 bits per heavy atom. The Hall–Kier alpha value is -0.610. The van der Waals surface area contributed by atoms with E-state index < -0.39 is 0 Å². The summed E-state index contributed by atoms with van der Waals surface area (Å²) < 4.78 is 13.3. The average molecular weight is 291 g/mol. The fraction of sp³-hybridized carbons (Fsp3) is 0.385. The van der Waals surface area contributed by atoms with Gasteiger partial charge >= 0.3 is 0 Å². The normalized spacial score (nSPS) is 17.9. The lowest BCUT2D eigenvalue weighted by atomic mass is 10.0. The number of nitrogens with one attached hydrogen (secondary N) is 1. The second kappa shape index (κ2) is 7.10. The second-order valence-electron chi connectivity index (χ2n) is 4.13. The highest BCUT2D eigenvalue weighted by Crippen LogP contribution is 2.29. The summed E-state index contributed by atoms with van der Waals surface area (Å²) in [4.78, 5) is 2.25. The third-order valence-corrected chi connectivity index (χ3v) is 3.39. The van der Waals surface area contributed by atoms with Crippen LogP contribution < -0.4 is 5.32 Å². The number of piperazine rings is 1. The zero-order valence-electron chi connectivity index (χ0n) is 10.0. The summed E-state index contributed by atoms with van der Waals surface area (Å²) >= 11 is 6.13. The van der Waals surface area contributed by atoms with E-state index in [1.54, 1.807) is 6.07 Å². The van der Waals surface area contributed by atoms with Gasteiger partial charge in [-0.1, -0.05) is 17.7 Å². The van der Waals surface area contributed by atoms with Gasteiger partial charge in [0.15, 0.2) is 0 Å². The second-order valence-corrected chi connectivity index (χ2v) is 4.54. The predicted molar refractivity (Wildman–Crippen MR) is 76.0 cm³/mol. The molecule has 1 aromatic carbocycles. The fourth-order valence-corrected chi connectivity index (χ4v) is 2.40. The molecule has 0 saturated carbocycles. The molecular formula is C13H17Cl2FN2. The lowest BCUT2D eigenvalue weighted by Crippen LogP contribution is -2.44. The van der Waals surface area contributed by atoms with E-state index in [4.69, 9.17) is 11.6 Å². The van der Waals surface area contributed by atoms with Crippen molar-refractivity contribution in [2.75, 3.05) is 26.2 Å². The van der Waals surface area contributed by atoms with Gasteiger partial charge in [0.2, 0.25) is 0 Å². The Bertz CT molecular complexity index is 406. The lowest BCUT2D eigenvalue weighted by Gasteiger charge is -2.33. The average Bonchev–Trinajstić information content (AvgIpc) is 2.36. The summed E-state index contributed by atoms with van der Waals surface area (Å²) in [6.45, 7) is 7.56. The molecule has 0 unspecified atom stereocenters. The summed E-state index contributed by atoms with van der Waals surface area (Å²) in [5, 5.41) is 3.88. The van der Waals surface area contributed by atoms with E-state index in [2.05, 4.69) is 16.8 Å². The van der Waals surface area contributed by atoms with Crippen LogP contribution in [-0.4, -0.2) is 31.1 Å². The molecule has 0 amide bonds. The predicted octanol–water partition coefficient (Wildman–Crippen LogP) is 3.03. The number of halogens is 3. The maximum absolute atomic E-state index is 13.3. The van der Waals surface area contributed by atoms with E-state index in [1.165, 1.54) is 12.1 Å². The number of nitrogens with zero attached hydrogens (tertiary/aromatic N) is 1. The van der Waals surface area contributed by atoms with Crippen molar-refractivity contribution >= 4 is 24.0 Å². The molecule has 0 aliphatic carbocycles. The zero-order valence-corrected chi connectivity index (χ0v) is 11.6. The van der Waals surface area contributed by atoms with Gasteiger partial charge in [0, 0.05) is 31.2 Å². The molecule has 18 heavy (non-hydrogen) atoms. The molecule has 5 heteroatoms. The number of hydrogen-bond acceptors (Lipinski definition) is 2. The van der Waals surface area contributed by atoms with Crippen LogP contribution in [0.25, 0.3) is 0 Å². The summed E-state index contributed by atoms with van der Waals surface area (Å²) in [7, 11) is 0. The first-order valence-electron chi connectivity index (χ1n) is 5.74. The molecule has 1 aliphatic rings. The Kier molecular flexibility index (Phi) is 6.09. The molecule has 1 atom stereocenters. The number of benzene rings is 1. The minimum absolute atomic E-state index is 0. The van der Waals surface area contributed by atoms with E-state index in [0.29, 0.717) is 5.02 Å². The van der Waals surface area contributed by atoms with Gasteiger partial charge in [0.25, 0.3) is 0 Å². The van der Waals surface area contributed by atoms with Gasteiger partial charge in [-0.05, 0) is 23.8 Å². The molecule has 2 rings (SSSR count). The first-order valence-corrected chi connectivity index (χ1v) is 6.12. The molecule has 100 valence electrons. The van der Waals surface area contributed by atoms with Crippen LogP contribution in [0.4, 0.5) is 4.39 Å². The van der Waals surface area contributed by atoms with Crippen LogP contribution in [-0.2, 0) is 0 Å². The van der Waals surface area contributed by atoms with E-state index in [1.807, 2.05) is 6.08 Å². The van der Waals surface area contributed by atoms with Gasteiger partial charge in [0.1, 0.15) is 5.82 Å². The molecular weight excluding hydrogens is 274 g/mol. The van der Waals surface area contributed by atoms with Gasteiger partial charge < -0.3 is 5.32 Å². The van der Waals surface area contributed by atoms with E-state index in [9.17, 15) is 4.39 Å². The van der Waals surface area contributed by atoms with Crippen molar-refractivity contribution in [2.24, 2.45) is 0 Å². The van der Waals surface area contributed by atoms with E-state index in [-0.39, 0.29) is 24.3 Å². The third-order valence-electron chi connectivity index (χ3n) is 3.04. The summed E-state index contributed by atoms with van der Waals surface area (Å²) in [6.07, 6.45) is 1.83. The molecule has 2 nitrogen and oxygen atoms in total. The highest BCUT2D eigenvalue weighted by molar-refractivity contribution is 6.31. The van der Waals surface area contributed by atoms with Gasteiger partial charge in [0.05, 0.1) is 6.04 Å². The maximum Gasteiger partial charge on any atom is 0.123 e. The summed E-state index contributed by atoms with van der Waals surface area (Å²) in [5.41, 5.74) is 0.795. The van der Waals surface area contributed by atoms with Crippen molar-refractivity contribution in [3.8, 4) is 0 Å².